The van der Waals surface area contributed by atoms with E-state index in [0.717, 1.165) is 16.9 Å². The third-order valence-corrected chi connectivity index (χ3v) is 4.93. The van der Waals surface area contributed by atoms with Crippen LogP contribution < -0.4 is 14.8 Å². The molecule has 1 aromatic carbocycles. The number of fused-ring (bicyclic) bond motifs is 1. The summed E-state index contributed by atoms with van der Waals surface area (Å²) in [4.78, 5) is 20.8. The van der Waals surface area contributed by atoms with Crippen molar-refractivity contribution in [3.8, 4) is 22.9 Å². The van der Waals surface area contributed by atoms with E-state index < -0.39 is 0 Å². The highest BCUT2D eigenvalue weighted by Crippen LogP contribution is 2.32. The average molecular weight is 383 g/mol. The van der Waals surface area contributed by atoms with Crippen LogP contribution in [-0.4, -0.2) is 38.1 Å². The van der Waals surface area contributed by atoms with E-state index in [9.17, 15) is 4.79 Å². The Balaban J connectivity index is 1.32. The van der Waals surface area contributed by atoms with Gasteiger partial charge in [0, 0.05) is 24.5 Å². The molecule has 0 bridgehead atoms. The Morgan fingerprint density at radius 1 is 1.26 bits per heavy atom. The Kier molecular flexibility index (Phi) is 4.93. The van der Waals surface area contributed by atoms with Crippen LogP contribution in [0.15, 0.2) is 47.9 Å². The van der Waals surface area contributed by atoms with E-state index in [0.29, 0.717) is 23.3 Å². The number of nitrogens with one attached hydrogen (secondary N) is 2. The molecule has 1 aliphatic heterocycles. The smallest absolute Gasteiger partial charge is 0.233 e. The van der Waals surface area contributed by atoms with Crippen molar-refractivity contribution in [2.45, 2.75) is 23.9 Å². The number of amides is 1. The van der Waals surface area contributed by atoms with Crippen molar-refractivity contribution < 1.29 is 14.3 Å². The lowest BCUT2D eigenvalue weighted by atomic mass is 10.2. The zero-order chi connectivity index (χ0) is 18.6. The van der Waals surface area contributed by atoms with E-state index in [2.05, 4.69) is 25.5 Å². The summed E-state index contributed by atoms with van der Waals surface area (Å²) in [5, 5.41) is 10.2. The number of nitrogens with zero attached hydrogens (tertiary/aromatic N) is 3. The molecule has 2 aromatic heterocycles. The van der Waals surface area contributed by atoms with Crippen molar-refractivity contribution in [2.24, 2.45) is 0 Å². The lowest BCUT2D eigenvalue weighted by Crippen LogP contribution is -2.30. The van der Waals surface area contributed by atoms with Crippen LogP contribution in [0.1, 0.15) is 12.5 Å². The van der Waals surface area contributed by atoms with E-state index >= 15 is 0 Å². The van der Waals surface area contributed by atoms with Gasteiger partial charge in [0.2, 0.25) is 17.9 Å². The van der Waals surface area contributed by atoms with Crippen LogP contribution in [0.3, 0.4) is 0 Å². The van der Waals surface area contributed by atoms with Crippen LogP contribution in [0.5, 0.6) is 11.5 Å². The molecule has 0 fully saturated rings. The fraction of sp³-hybridized carbons (Fsp3) is 0.222. The number of hydrogen-bond acceptors (Lipinski definition) is 7. The summed E-state index contributed by atoms with van der Waals surface area (Å²) in [5.74, 6) is 1.98. The first kappa shape index (κ1) is 17.3. The highest BCUT2D eigenvalue weighted by molar-refractivity contribution is 8.00. The molecule has 138 valence electrons. The number of aromatic amines is 1. The monoisotopic (exact) mass is 383 g/mol. The third kappa shape index (κ3) is 4.03. The molecule has 1 atom stereocenters. The minimum absolute atomic E-state index is 0.0899. The van der Waals surface area contributed by atoms with Gasteiger partial charge in [-0.1, -0.05) is 17.8 Å². The second kappa shape index (κ2) is 7.67. The minimum Gasteiger partial charge on any atom is -0.454 e. The van der Waals surface area contributed by atoms with Crippen LogP contribution in [0.25, 0.3) is 11.4 Å². The summed E-state index contributed by atoms with van der Waals surface area (Å²) < 4.78 is 10.6. The number of carbonyl (C=O) groups is 1. The van der Waals surface area contributed by atoms with Gasteiger partial charge in [0.05, 0.1) is 5.25 Å². The Morgan fingerprint density at radius 3 is 2.93 bits per heavy atom. The van der Waals surface area contributed by atoms with Crippen molar-refractivity contribution in [3.05, 3.63) is 48.3 Å². The second-order valence-electron chi connectivity index (χ2n) is 5.87. The Morgan fingerprint density at radius 2 is 2.07 bits per heavy atom. The van der Waals surface area contributed by atoms with Gasteiger partial charge in [-0.3, -0.25) is 14.9 Å². The molecule has 1 aliphatic rings. The standard InChI is InChI=1S/C18H17N5O3S/c1-11(27-18-21-16(22-23-18)13-4-6-19-7-5-13)17(24)20-9-12-2-3-14-15(8-12)26-10-25-14/h2-8,11H,9-10H2,1H3,(H,20,24)(H,21,22,23)/t11-/m1/s1. The number of pyridine rings is 1. The van der Waals surface area contributed by atoms with E-state index in [-0.39, 0.29) is 18.0 Å². The number of aromatic nitrogens is 4. The lowest BCUT2D eigenvalue weighted by Gasteiger charge is -2.10. The largest absolute Gasteiger partial charge is 0.454 e. The first-order valence-corrected chi connectivity index (χ1v) is 9.23. The fourth-order valence-electron chi connectivity index (χ4n) is 2.53. The van der Waals surface area contributed by atoms with E-state index in [4.69, 9.17) is 9.47 Å². The summed E-state index contributed by atoms with van der Waals surface area (Å²) >= 11 is 1.30. The van der Waals surface area contributed by atoms with E-state index in [1.54, 1.807) is 12.4 Å². The van der Waals surface area contributed by atoms with Gasteiger partial charge < -0.3 is 14.8 Å². The van der Waals surface area contributed by atoms with Crippen molar-refractivity contribution in [2.75, 3.05) is 6.79 Å². The van der Waals surface area contributed by atoms with Crippen LogP contribution >= 0.6 is 11.8 Å². The number of rotatable bonds is 6. The zero-order valence-corrected chi connectivity index (χ0v) is 15.3. The summed E-state index contributed by atoms with van der Waals surface area (Å²) in [5.41, 5.74) is 1.84. The molecule has 27 heavy (non-hydrogen) atoms. The number of hydrogen-bond donors (Lipinski definition) is 2. The number of thioether (sulfide) groups is 1. The molecule has 8 nitrogen and oxygen atoms in total. The maximum atomic E-state index is 12.4. The molecule has 0 saturated heterocycles. The molecule has 2 N–H and O–H groups in total. The van der Waals surface area contributed by atoms with Gasteiger partial charge in [0.15, 0.2) is 17.3 Å². The Hall–Kier alpha value is -3.07. The van der Waals surface area contributed by atoms with Crippen LogP contribution in [0.2, 0.25) is 0 Å². The molecular weight excluding hydrogens is 366 g/mol. The predicted molar refractivity (Wildman–Crippen MR) is 99.3 cm³/mol. The number of benzene rings is 1. The topological polar surface area (TPSA) is 102 Å². The minimum atomic E-state index is -0.333. The van der Waals surface area contributed by atoms with E-state index in [1.807, 2.05) is 37.3 Å². The molecule has 0 unspecified atom stereocenters. The predicted octanol–water partition coefficient (Wildman–Crippen LogP) is 2.39. The van der Waals surface area contributed by atoms with Crippen LogP contribution in [0.4, 0.5) is 0 Å². The summed E-state index contributed by atoms with van der Waals surface area (Å²) in [6.07, 6.45) is 3.38. The van der Waals surface area contributed by atoms with Gasteiger partial charge in [-0.2, -0.15) is 0 Å². The number of carbonyl (C=O) groups excluding carboxylic acids is 1. The molecular formula is C18H17N5O3S. The molecule has 0 spiro atoms. The summed E-state index contributed by atoms with van der Waals surface area (Å²) in [6, 6.07) is 9.31. The molecule has 1 amide bonds. The van der Waals surface area contributed by atoms with Crippen molar-refractivity contribution >= 4 is 17.7 Å². The molecule has 0 aliphatic carbocycles. The van der Waals surface area contributed by atoms with Crippen molar-refractivity contribution in [1.82, 2.24) is 25.5 Å². The fourth-order valence-corrected chi connectivity index (χ4v) is 3.28. The maximum absolute atomic E-state index is 12.4. The number of H-pyrrole nitrogens is 1. The summed E-state index contributed by atoms with van der Waals surface area (Å²) in [6.45, 7) is 2.47. The van der Waals surface area contributed by atoms with Crippen molar-refractivity contribution in [1.29, 1.82) is 0 Å². The summed E-state index contributed by atoms with van der Waals surface area (Å²) in [7, 11) is 0. The highest BCUT2D eigenvalue weighted by Gasteiger charge is 2.18. The third-order valence-electron chi connectivity index (χ3n) is 3.97. The highest BCUT2D eigenvalue weighted by atomic mass is 32.2. The molecule has 0 saturated carbocycles. The molecule has 3 aromatic rings. The second-order valence-corrected chi connectivity index (χ2v) is 7.18. The SMILES string of the molecule is C[C@@H](Sc1n[nH]c(-c2ccncc2)n1)C(=O)NCc1ccc2c(c1)OCO2. The molecule has 3 heterocycles. The van der Waals surface area contributed by atoms with Gasteiger partial charge in [-0.05, 0) is 36.8 Å². The van der Waals surface area contributed by atoms with E-state index in [1.165, 1.54) is 11.8 Å². The van der Waals surface area contributed by atoms with Gasteiger partial charge in [0.1, 0.15) is 0 Å². The zero-order valence-electron chi connectivity index (χ0n) is 14.5. The van der Waals surface area contributed by atoms with Crippen molar-refractivity contribution in [3.63, 3.8) is 0 Å². The van der Waals surface area contributed by atoms with Crippen LogP contribution in [-0.2, 0) is 11.3 Å². The Bertz CT molecular complexity index is 947. The van der Waals surface area contributed by atoms with Gasteiger partial charge in [-0.15, -0.1) is 5.10 Å². The normalized spacial score (nSPS) is 13.4. The van der Waals surface area contributed by atoms with Gasteiger partial charge in [0.25, 0.3) is 0 Å². The van der Waals surface area contributed by atoms with Crippen LogP contribution in [0, 0.1) is 0 Å². The van der Waals surface area contributed by atoms with Gasteiger partial charge in [-0.25, -0.2) is 4.98 Å². The number of ether oxygens (including phenoxy) is 2. The maximum Gasteiger partial charge on any atom is 0.233 e. The average Bonchev–Trinajstić information content (AvgIpc) is 3.35. The Labute approximate surface area is 159 Å². The molecule has 9 heteroatoms. The quantitative estimate of drug-likeness (QED) is 0.630. The first-order chi connectivity index (χ1) is 13.2. The molecule has 0 radical (unpaired) electrons. The first-order valence-electron chi connectivity index (χ1n) is 8.35. The molecule has 4 rings (SSSR count). The lowest BCUT2D eigenvalue weighted by molar-refractivity contribution is -0.120. The van der Waals surface area contributed by atoms with Gasteiger partial charge >= 0.3 is 0 Å².